The number of ether oxygens (including phenoxy) is 1. The van der Waals surface area contributed by atoms with E-state index in [1.54, 1.807) is 12.4 Å². The Bertz CT molecular complexity index is 529. The van der Waals surface area contributed by atoms with E-state index in [9.17, 15) is 0 Å². The molecule has 0 aliphatic heterocycles. The average Bonchev–Trinajstić information content (AvgIpc) is 2.41. The number of rotatable bonds is 5. The number of halogens is 1. The van der Waals surface area contributed by atoms with Crippen LogP contribution in [-0.4, -0.2) is 11.6 Å². The van der Waals surface area contributed by atoms with E-state index in [4.69, 9.17) is 10.5 Å². The van der Waals surface area contributed by atoms with Gasteiger partial charge in [-0.2, -0.15) is 0 Å². The molecule has 0 saturated heterocycles. The van der Waals surface area contributed by atoms with E-state index in [0.717, 1.165) is 22.2 Å². The number of hydrogen-bond acceptors (Lipinski definition) is 3. The van der Waals surface area contributed by atoms with Crippen molar-refractivity contribution in [1.29, 1.82) is 0 Å². The van der Waals surface area contributed by atoms with Crippen molar-refractivity contribution in [3.8, 4) is 5.75 Å². The fraction of sp³-hybridized carbons (Fsp3) is 0.267. The van der Waals surface area contributed by atoms with E-state index in [-0.39, 0.29) is 6.04 Å². The molecule has 1 aromatic heterocycles. The highest BCUT2D eigenvalue weighted by Gasteiger charge is 2.08. The van der Waals surface area contributed by atoms with Crippen LogP contribution in [0.5, 0.6) is 5.75 Å². The predicted molar refractivity (Wildman–Crippen MR) is 80.2 cm³/mol. The van der Waals surface area contributed by atoms with Crippen molar-refractivity contribution in [2.75, 3.05) is 6.61 Å². The minimum absolute atomic E-state index is 0.0478. The molecule has 4 heteroatoms. The highest BCUT2D eigenvalue weighted by molar-refractivity contribution is 9.10. The van der Waals surface area contributed by atoms with E-state index in [2.05, 4.69) is 20.9 Å². The Morgan fingerprint density at radius 3 is 2.68 bits per heavy atom. The molecule has 19 heavy (non-hydrogen) atoms. The molecule has 0 fully saturated rings. The summed E-state index contributed by atoms with van der Waals surface area (Å²) < 4.78 is 6.85. The molecule has 1 heterocycles. The zero-order chi connectivity index (χ0) is 13.7. The summed E-state index contributed by atoms with van der Waals surface area (Å²) in [5.41, 5.74) is 8.19. The second-order valence-electron chi connectivity index (χ2n) is 4.42. The monoisotopic (exact) mass is 320 g/mol. The summed E-state index contributed by atoms with van der Waals surface area (Å²) >= 11 is 3.45. The SMILES string of the molecule is CC(N)c1cc(Br)ccc1OCCc1ccncc1. The van der Waals surface area contributed by atoms with Gasteiger partial charge in [-0.1, -0.05) is 15.9 Å². The standard InChI is InChI=1S/C15H17BrN2O/c1-11(17)14-10-13(16)2-3-15(14)19-9-6-12-4-7-18-8-5-12/h2-5,7-8,10-11H,6,9,17H2,1H3. The molecule has 100 valence electrons. The Labute approximate surface area is 121 Å². The molecular formula is C15H17BrN2O. The Kier molecular flexibility index (Phi) is 4.93. The van der Waals surface area contributed by atoms with Gasteiger partial charge < -0.3 is 10.5 Å². The van der Waals surface area contributed by atoms with Crippen LogP contribution in [0.15, 0.2) is 47.2 Å². The van der Waals surface area contributed by atoms with Gasteiger partial charge in [0.15, 0.2) is 0 Å². The summed E-state index contributed by atoms with van der Waals surface area (Å²) in [4.78, 5) is 4.00. The van der Waals surface area contributed by atoms with Gasteiger partial charge in [-0.3, -0.25) is 4.98 Å². The molecule has 1 atom stereocenters. The quantitative estimate of drug-likeness (QED) is 0.917. The number of nitrogens with two attached hydrogens (primary N) is 1. The Hall–Kier alpha value is -1.39. The summed E-state index contributed by atoms with van der Waals surface area (Å²) in [6.07, 6.45) is 4.45. The molecule has 0 aliphatic rings. The number of hydrogen-bond donors (Lipinski definition) is 1. The van der Waals surface area contributed by atoms with Crippen molar-refractivity contribution in [3.05, 3.63) is 58.3 Å². The van der Waals surface area contributed by atoms with E-state index in [1.165, 1.54) is 5.56 Å². The molecule has 0 spiro atoms. The molecule has 2 rings (SSSR count). The van der Waals surface area contributed by atoms with Gasteiger partial charge in [-0.05, 0) is 42.8 Å². The third-order valence-corrected chi connectivity index (χ3v) is 3.35. The lowest BCUT2D eigenvalue weighted by Gasteiger charge is -2.14. The van der Waals surface area contributed by atoms with Crippen LogP contribution in [0.3, 0.4) is 0 Å². The smallest absolute Gasteiger partial charge is 0.124 e. The first-order valence-corrected chi connectivity index (χ1v) is 7.03. The van der Waals surface area contributed by atoms with Gasteiger partial charge in [0.05, 0.1) is 6.61 Å². The minimum atomic E-state index is -0.0478. The third-order valence-electron chi connectivity index (χ3n) is 2.86. The van der Waals surface area contributed by atoms with E-state index in [1.807, 2.05) is 37.3 Å². The van der Waals surface area contributed by atoms with Crippen LogP contribution in [-0.2, 0) is 6.42 Å². The Balaban J connectivity index is 2.00. The van der Waals surface area contributed by atoms with E-state index >= 15 is 0 Å². The zero-order valence-electron chi connectivity index (χ0n) is 10.8. The molecule has 3 nitrogen and oxygen atoms in total. The highest BCUT2D eigenvalue weighted by Crippen LogP contribution is 2.27. The molecule has 0 radical (unpaired) electrons. The predicted octanol–water partition coefficient (Wildman–Crippen LogP) is 3.49. The van der Waals surface area contributed by atoms with Crippen LogP contribution < -0.4 is 10.5 Å². The van der Waals surface area contributed by atoms with Crippen LogP contribution in [0.25, 0.3) is 0 Å². The molecule has 2 N–H and O–H groups in total. The number of benzene rings is 1. The van der Waals surface area contributed by atoms with Crippen molar-refractivity contribution >= 4 is 15.9 Å². The fourth-order valence-electron chi connectivity index (χ4n) is 1.83. The summed E-state index contributed by atoms with van der Waals surface area (Å²) in [6.45, 7) is 2.59. The molecule has 0 amide bonds. The maximum absolute atomic E-state index is 5.96. The summed E-state index contributed by atoms with van der Waals surface area (Å²) in [5.74, 6) is 0.854. The lowest BCUT2D eigenvalue weighted by molar-refractivity contribution is 0.317. The number of nitrogens with zero attached hydrogens (tertiary/aromatic N) is 1. The van der Waals surface area contributed by atoms with Crippen LogP contribution in [0.4, 0.5) is 0 Å². The van der Waals surface area contributed by atoms with Gasteiger partial charge in [-0.15, -0.1) is 0 Å². The van der Waals surface area contributed by atoms with Crippen molar-refractivity contribution in [1.82, 2.24) is 4.98 Å². The lowest BCUT2D eigenvalue weighted by atomic mass is 10.1. The number of aromatic nitrogens is 1. The van der Waals surface area contributed by atoms with Crippen LogP contribution in [0.1, 0.15) is 24.1 Å². The summed E-state index contributed by atoms with van der Waals surface area (Å²) in [6, 6.07) is 9.87. The maximum Gasteiger partial charge on any atom is 0.124 e. The van der Waals surface area contributed by atoms with Gasteiger partial charge in [-0.25, -0.2) is 0 Å². The second kappa shape index (κ2) is 6.68. The Morgan fingerprint density at radius 2 is 2.00 bits per heavy atom. The fourth-order valence-corrected chi connectivity index (χ4v) is 2.21. The van der Waals surface area contributed by atoms with Gasteiger partial charge in [0.25, 0.3) is 0 Å². The molecular weight excluding hydrogens is 304 g/mol. The van der Waals surface area contributed by atoms with Crippen molar-refractivity contribution in [2.24, 2.45) is 5.73 Å². The van der Waals surface area contributed by atoms with Crippen LogP contribution >= 0.6 is 15.9 Å². The highest BCUT2D eigenvalue weighted by atomic mass is 79.9. The summed E-state index contributed by atoms with van der Waals surface area (Å²) in [7, 11) is 0. The van der Waals surface area contributed by atoms with E-state index < -0.39 is 0 Å². The normalized spacial score (nSPS) is 12.2. The second-order valence-corrected chi connectivity index (χ2v) is 5.34. The molecule has 1 unspecified atom stereocenters. The minimum Gasteiger partial charge on any atom is -0.493 e. The molecule has 0 aliphatic carbocycles. The topological polar surface area (TPSA) is 48.1 Å². The van der Waals surface area contributed by atoms with E-state index in [0.29, 0.717) is 6.61 Å². The van der Waals surface area contributed by atoms with Gasteiger partial charge in [0, 0.05) is 34.9 Å². The first kappa shape index (κ1) is 14.0. The van der Waals surface area contributed by atoms with Crippen LogP contribution in [0, 0.1) is 0 Å². The van der Waals surface area contributed by atoms with Gasteiger partial charge in [0.1, 0.15) is 5.75 Å². The zero-order valence-corrected chi connectivity index (χ0v) is 12.4. The molecule has 1 aromatic carbocycles. The maximum atomic E-state index is 5.96. The molecule has 0 saturated carbocycles. The summed E-state index contributed by atoms with van der Waals surface area (Å²) in [5, 5.41) is 0. The molecule has 2 aromatic rings. The molecule has 0 bridgehead atoms. The van der Waals surface area contributed by atoms with Crippen LogP contribution in [0.2, 0.25) is 0 Å². The lowest BCUT2D eigenvalue weighted by Crippen LogP contribution is -2.09. The average molecular weight is 321 g/mol. The van der Waals surface area contributed by atoms with Crippen molar-refractivity contribution in [3.63, 3.8) is 0 Å². The van der Waals surface area contributed by atoms with Gasteiger partial charge >= 0.3 is 0 Å². The van der Waals surface area contributed by atoms with Crippen molar-refractivity contribution < 1.29 is 4.74 Å². The van der Waals surface area contributed by atoms with Crippen molar-refractivity contribution in [2.45, 2.75) is 19.4 Å². The van der Waals surface area contributed by atoms with Gasteiger partial charge in [0.2, 0.25) is 0 Å². The third kappa shape index (κ3) is 4.04. The Morgan fingerprint density at radius 1 is 1.26 bits per heavy atom. The largest absolute Gasteiger partial charge is 0.493 e. The first-order chi connectivity index (χ1) is 9.16. The number of pyridine rings is 1. The first-order valence-electron chi connectivity index (χ1n) is 6.23.